The minimum atomic E-state index is -0.527. The van der Waals surface area contributed by atoms with Crippen LogP contribution in [0.2, 0.25) is 0 Å². The number of carbonyl (C=O) groups excluding carboxylic acids is 2. The van der Waals surface area contributed by atoms with Gasteiger partial charge in [0.2, 0.25) is 0 Å². The molecule has 0 amide bonds. The van der Waals surface area contributed by atoms with E-state index >= 15 is 0 Å². The van der Waals surface area contributed by atoms with Gasteiger partial charge >= 0.3 is 11.9 Å². The summed E-state index contributed by atoms with van der Waals surface area (Å²) < 4.78 is 15.3. The van der Waals surface area contributed by atoms with Crippen molar-refractivity contribution in [2.75, 3.05) is 26.1 Å². The lowest BCUT2D eigenvalue weighted by molar-refractivity contribution is -0.140. The predicted octanol–water partition coefficient (Wildman–Crippen LogP) is 2.83. The second-order valence-corrected chi connectivity index (χ2v) is 6.55. The van der Waals surface area contributed by atoms with Crippen molar-refractivity contribution in [2.45, 2.75) is 26.8 Å². The third kappa shape index (κ3) is 5.50. The fraction of sp³-hybridized carbons (Fsp3) is 0.421. The van der Waals surface area contributed by atoms with Gasteiger partial charge in [0.25, 0.3) is 0 Å². The summed E-state index contributed by atoms with van der Waals surface area (Å²) in [7, 11) is 1.59. The number of rotatable bonds is 7. The van der Waals surface area contributed by atoms with Crippen molar-refractivity contribution >= 4 is 28.9 Å². The summed E-state index contributed by atoms with van der Waals surface area (Å²) in [5, 5.41) is 3.64. The lowest BCUT2D eigenvalue weighted by Gasteiger charge is -2.25. The monoisotopic (exact) mass is 392 g/mol. The molecule has 1 aliphatic rings. The van der Waals surface area contributed by atoms with Gasteiger partial charge in [-0.1, -0.05) is 23.9 Å². The quantitative estimate of drug-likeness (QED) is 0.714. The highest BCUT2D eigenvalue weighted by Gasteiger charge is 2.30. The number of carbonyl (C=O) groups is 2. The van der Waals surface area contributed by atoms with Crippen molar-refractivity contribution in [3.05, 3.63) is 41.1 Å². The van der Waals surface area contributed by atoms with Gasteiger partial charge in [0.05, 0.1) is 31.6 Å². The van der Waals surface area contributed by atoms with Gasteiger partial charge in [-0.2, -0.15) is 0 Å². The summed E-state index contributed by atoms with van der Waals surface area (Å²) in [5.41, 5.74) is 1.92. The van der Waals surface area contributed by atoms with Crippen LogP contribution in [0.15, 0.2) is 40.5 Å². The molecule has 1 aromatic carbocycles. The van der Waals surface area contributed by atoms with Gasteiger partial charge in [0, 0.05) is 5.70 Å². The van der Waals surface area contributed by atoms with Crippen LogP contribution in [0.4, 0.5) is 0 Å². The van der Waals surface area contributed by atoms with Gasteiger partial charge in [-0.3, -0.25) is 4.79 Å². The highest BCUT2D eigenvalue weighted by Crippen LogP contribution is 2.33. The summed E-state index contributed by atoms with van der Waals surface area (Å²) in [6, 6.07) is 6.82. The number of thioether (sulfide) groups is 1. The zero-order valence-electron chi connectivity index (χ0n) is 15.9. The molecule has 0 aromatic heterocycles. The lowest BCUT2D eigenvalue weighted by atomic mass is 9.96. The Balaban J connectivity index is 2.30. The van der Waals surface area contributed by atoms with Gasteiger partial charge in [0.1, 0.15) is 11.8 Å². The van der Waals surface area contributed by atoms with E-state index in [1.165, 1.54) is 11.8 Å². The van der Waals surface area contributed by atoms with Gasteiger partial charge in [0.15, 0.2) is 5.17 Å². The summed E-state index contributed by atoms with van der Waals surface area (Å²) >= 11 is 1.24. The second-order valence-electron chi connectivity index (χ2n) is 5.59. The minimum absolute atomic E-state index is 0.136. The number of benzene rings is 1. The smallest absolute Gasteiger partial charge is 0.338 e. The van der Waals surface area contributed by atoms with E-state index < -0.39 is 12.0 Å². The lowest BCUT2D eigenvalue weighted by Crippen LogP contribution is -2.31. The molecule has 0 aliphatic carbocycles. The van der Waals surface area contributed by atoms with Crippen LogP contribution in [0.1, 0.15) is 32.4 Å². The Hall–Kier alpha value is -2.48. The third-order valence-electron chi connectivity index (χ3n) is 3.78. The first-order chi connectivity index (χ1) is 13.0. The number of methoxy groups -OCH3 is 1. The van der Waals surface area contributed by atoms with Crippen molar-refractivity contribution in [3.8, 4) is 5.75 Å². The molecule has 146 valence electrons. The van der Waals surface area contributed by atoms with E-state index in [0.717, 1.165) is 5.56 Å². The average Bonchev–Trinajstić information content (AvgIpc) is 2.66. The first kappa shape index (κ1) is 20.8. The number of ether oxygens (including phenoxy) is 3. The molecule has 7 nitrogen and oxygen atoms in total. The summed E-state index contributed by atoms with van der Waals surface area (Å²) in [5.74, 6) is 0.121. The molecular formula is C19H24N2O5S. The number of allylic oxidation sites excluding steroid dienone is 1. The Bertz CT molecular complexity index is 743. The number of nitrogens with zero attached hydrogens (tertiary/aromatic N) is 1. The molecule has 2 rings (SSSR count). The molecule has 27 heavy (non-hydrogen) atoms. The summed E-state index contributed by atoms with van der Waals surface area (Å²) in [6.07, 6.45) is 0. The van der Waals surface area contributed by atoms with E-state index in [9.17, 15) is 9.59 Å². The maximum absolute atomic E-state index is 12.5. The number of hydrogen-bond donors (Lipinski definition) is 1. The molecule has 0 saturated heterocycles. The number of aliphatic imine (C=N–C) groups is 1. The molecule has 1 unspecified atom stereocenters. The molecule has 1 N–H and O–H groups in total. The normalized spacial score (nSPS) is 16.3. The Morgan fingerprint density at radius 3 is 2.41 bits per heavy atom. The van der Waals surface area contributed by atoms with E-state index in [-0.39, 0.29) is 18.3 Å². The van der Waals surface area contributed by atoms with E-state index in [1.807, 2.05) is 24.3 Å². The van der Waals surface area contributed by atoms with Crippen LogP contribution in [0.25, 0.3) is 0 Å². The van der Waals surface area contributed by atoms with Crippen LogP contribution in [0, 0.1) is 0 Å². The van der Waals surface area contributed by atoms with Crippen molar-refractivity contribution in [1.29, 1.82) is 0 Å². The maximum atomic E-state index is 12.5. The topological polar surface area (TPSA) is 86.2 Å². The number of hydrogen-bond acceptors (Lipinski definition) is 8. The van der Waals surface area contributed by atoms with E-state index in [4.69, 9.17) is 14.2 Å². The molecule has 1 heterocycles. The van der Waals surface area contributed by atoms with Crippen molar-refractivity contribution in [2.24, 2.45) is 4.99 Å². The minimum Gasteiger partial charge on any atom is -0.497 e. The molecule has 1 atom stereocenters. The fourth-order valence-electron chi connectivity index (χ4n) is 2.55. The average molecular weight is 392 g/mol. The van der Waals surface area contributed by atoms with Crippen molar-refractivity contribution in [1.82, 2.24) is 5.32 Å². The predicted molar refractivity (Wildman–Crippen MR) is 105 cm³/mol. The van der Waals surface area contributed by atoms with Crippen LogP contribution in [-0.2, 0) is 19.1 Å². The Morgan fingerprint density at radius 2 is 1.81 bits per heavy atom. The molecule has 1 aliphatic heterocycles. The van der Waals surface area contributed by atoms with Gasteiger partial charge < -0.3 is 19.5 Å². The van der Waals surface area contributed by atoms with Gasteiger partial charge in [-0.25, -0.2) is 9.79 Å². The van der Waals surface area contributed by atoms with Crippen LogP contribution in [-0.4, -0.2) is 43.2 Å². The zero-order chi connectivity index (χ0) is 19.8. The Kier molecular flexibility index (Phi) is 7.72. The maximum Gasteiger partial charge on any atom is 0.338 e. The number of esters is 2. The fourth-order valence-corrected chi connectivity index (χ4v) is 3.29. The molecule has 1 aromatic rings. The van der Waals surface area contributed by atoms with Crippen molar-refractivity contribution in [3.63, 3.8) is 0 Å². The standard InChI is InChI=1S/C19H24N2O5S/c1-5-25-15(22)11-27-19-20-12(3)16(18(23)26-6-2)17(21-19)13-7-9-14(24-4)10-8-13/h7-10,17H,5-6,11H2,1-4H3,(H,20,21). The summed E-state index contributed by atoms with van der Waals surface area (Å²) in [6.45, 7) is 5.93. The Labute approximate surface area is 163 Å². The molecule has 8 heteroatoms. The zero-order valence-corrected chi connectivity index (χ0v) is 16.7. The Morgan fingerprint density at radius 1 is 1.15 bits per heavy atom. The van der Waals surface area contributed by atoms with E-state index in [1.54, 1.807) is 27.9 Å². The van der Waals surface area contributed by atoms with Gasteiger partial charge in [-0.05, 0) is 38.5 Å². The van der Waals surface area contributed by atoms with Crippen LogP contribution >= 0.6 is 11.8 Å². The second kappa shape index (κ2) is 10.0. The number of nitrogens with one attached hydrogen (secondary N) is 1. The van der Waals surface area contributed by atoms with Gasteiger partial charge in [-0.15, -0.1) is 0 Å². The highest BCUT2D eigenvalue weighted by atomic mass is 32.2. The molecule has 0 saturated carbocycles. The van der Waals surface area contributed by atoms with E-state index in [0.29, 0.717) is 28.8 Å². The number of amidine groups is 1. The SMILES string of the molecule is CCOC(=O)CSC1=NC(c2ccc(OC)cc2)C(C(=O)OCC)=C(C)N1. The molecule has 0 fully saturated rings. The first-order valence-corrected chi connectivity index (χ1v) is 9.63. The third-order valence-corrected chi connectivity index (χ3v) is 4.64. The van der Waals surface area contributed by atoms with Crippen LogP contribution < -0.4 is 10.1 Å². The van der Waals surface area contributed by atoms with E-state index in [2.05, 4.69) is 10.3 Å². The molecule has 0 spiro atoms. The first-order valence-electron chi connectivity index (χ1n) is 8.65. The molecule has 0 bridgehead atoms. The van der Waals surface area contributed by atoms with Crippen LogP contribution in [0.5, 0.6) is 5.75 Å². The molecular weight excluding hydrogens is 368 g/mol. The van der Waals surface area contributed by atoms with Crippen molar-refractivity contribution < 1.29 is 23.8 Å². The van der Waals surface area contributed by atoms with Crippen LogP contribution in [0.3, 0.4) is 0 Å². The largest absolute Gasteiger partial charge is 0.497 e. The molecule has 0 radical (unpaired) electrons. The summed E-state index contributed by atoms with van der Waals surface area (Å²) in [4.78, 5) is 28.7. The highest BCUT2D eigenvalue weighted by molar-refractivity contribution is 8.14.